The normalized spacial score (nSPS) is 14.6. The molecule has 7 rings (SSSR count). The average molecular weight is 905 g/mol. The first kappa shape index (κ1) is 54.5. The minimum Gasteiger partial charge on any atom is -0.455 e. The van der Waals surface area contributed by atoms with Crippen molar-refractivity contribution in [1.29, 1.82) is 0 Å². The van der Waals surface area contributed by atoms with E-state index in [1.165, 1.54) is 16.7 Å². The van der Waals surface area contributed by atoms with E-state index in [-0.39, 0.29) is 29.2 Å². The van der Waals surface area contributed by atoms with Gasteiger partial charge in [0, 0.05) is 67.5 Å². The molecule has 1 saturated heterocycles. The number of piperazine rings is 1. The largest absolute Gasteiger partial charge is 0.455 e. The SMILES string of the molecule is C.CC.CC.CC.CC.Cc1cc(C)c(S(=O)(=O)NC(=O)c2ccc(N3CCN(CC4=C(c5ccc(Cl)cc5)CC(C)(C)OC4)CC3)cc2Oc2cnc3[nH]ccc3c2)c(C)c1C. The van der Waals surface area contributed by atoms with Crippen LogP contribution in [0.1, 0.15) is 121 Å². The van der Waals surface area contributed by atoms with E-state index in [9.17, 15) is 13.2 Å². The number of sulfonamides is 1. The summed E-state index contributed by atoms with van der Waals surface area (Å²) in [4.78, 5) is 26.2. The number of aromatic amines is 1. The van der Waals surface area contributed by atoms with Crippen LogP contribution in [0.4, 0.5) is 5.69 Å². The number of rotatable bonds is 9. The number of nitrogens with one attached hydrogen (secondary N) is 2. The molecule has 1 amide bonds. The molecule has 63 heavy (non-hydrogen) atoms. The van der Waals surface area contributed by atoms with E-state index in [2.05, 4.69) is 50.5 Å². The number of aryl methyl sites for hydroxylation is 2. The van der Waals surface area contributed by atoms with E-state index in [1.54, 1.807) is 32.3 Å². The topological polar surface area (TPSA) is 117 Å². The lowest BCUT2D eigenvalue weighted by Crippen LogP contribution is -2.47. The Morgan fingerprint density at radius 3 is 2.13 bits per heavy atom. The van der Waals surface area contributed by atoms with E-state index in [0.717, 1.165) is 66.4 Å². The molecule has 2 aliphatic heterocycles. The van der Waals surface area contributed by atoms with Crippen molar-refractivity contribution in [1.82, 2.24) is 19.6 Å². The van der Waals surface area contributed by atoms with Crippen molar-refractivity contribution < 1.29 is 22.7 Å². The molecule has 3 aromatic carbocycles. The summed E-state index contributed by atoms with van der Waals surface area (Å²) < 4.78 is 42.4. The van der Waals surface area contributed by atoms with Crippen molar-refractivity contribution in [3.63, 3.8) is 0 Å². The highest BCUT2D eigenvalue weighted by molar-refractivity contribution is 7.90. The Hall–Kier alpha value is -4.68. The van der Waals surface area contributed by atoms with Gasteiger partial charge in [-0.1, -0.05) is 92.6 Å². The Kier molecular flexibility index (Phi) is 21.6. The molecule has 10 nitrogen and oxygen atoms in total. The molecule has 1 fully saturated rings. The standard InChI is InChI=1S/C42H46ClN5O5S.4C2H6.CH4/c1-26-19-27(2)39(29(4)28(26)3)54(50,51)46-41(49)36-12-11-34(21-38(36)53-35-20-31-13-14-44-40(31)45-23-35)48-17-15-47(16-18-48)24-32-25-52-42(5,6)22-37(32)30-7-9-33(43)10-8-30;4*1-2;/h7-14,19-21,23H,15-18,22,24-25H2,1-6H3,(H,44,45)(H,46,49);4*1-2H3;1H4. The lowest BCUT2D eigenvalue weighted by atomic mass is 9.87. The van der Waals surface area contributed by atoms with Crippen LogP contribution < -0.4 is 14.4 Å². The maximum Gasteiger partial charge on any atom is 0.268 e. The van der Waals surface area contributed by atoms with Crippen molar-refractivity contribution in [3.8, 4) is 11.5 Å². The minimum absolute atomic E-state index is 0. The molecule has 2 aliphatic rings. The number of nitrogens with zero attached hydrogens (tertiary/aromatic N) is 3. The predicted molar refractivity (Wildman–Crippen MR) is 266 cm³/mol. The van der Waals surface area contributed by atoms with Crippen LogP contribution in [0.2, 0.25) is 5.02 Å². The van der Waals surface area contributed by atoms with Gasteiger partial charge >= 0.3 is 0 Å². The number of ether oxygens (including phenoxy) is 2. The Morgan fingerprint density at radius 2 is 1.49 bits per heavy atom. The molecule has 0 aliphatic carbocycles. The number of carbonyl (C=O) groups is 1. The molecule has 2 N–H and O–H groups in total. The fourth-order valence-electron chi connectivity index (χ4n) is 7.49. The van der Waals surface area contributed by atoms with Crippen LogP contribution >= 0.6 is 11.6 Å². The van der Waals surface area contributed by atoms with Crippen LogP contribution in [0.5, 0.6) is 11.5 Å². The van der Waals surface area contributed by atoms with E-state index < -0.39 is 15.9 Å². The summed E-state index contributed by atoms with van der Waals surface area (Å²) >= 11 is 6.21. The molecule has 346 valence electrons. The fraction of sp³-hybridized carbons (Fsp3) is 0.451. The molecular formula is C51H74ClN5O5S. The highest BCUT2D eigenvalue weighted by Crippen LogP contribution is 2.37. The Balaban J connectivity index is 0.00000144. The number of pyridine rings is 1. The number of anilines is 1. The molecule has 0 unspecified atom stereocenters. The molecule has 12 heteroatoms. The van der Waals surface area contributed by atoms with Gasteiger partial charge in [-0.25, -0.2) is 18.1 Å². The number of hydrogen-bond acceptors (Lipinski definition) is 8. The van der Waals surface area contributed by atoms with Gasteiger partial charge in [-0.3, -0.25) is 9.69 Å². The minimum atomic E-state index is -4.20. The monoisotopic (exact) mass is 904 g/mol. The quantitative estimate of drug-likeness (QED) is 0.150. The molecular weight excluding hydrogens is 830 g/mol. The third-order valence-corrected chi connectivity index (χ3v) is 12.5. The van der Waals surface area contributed by atoms with Crippen LogP contribution in [0.3, 0.4) is 0 Å². The second-order valence-electron chi connectivity index (χ2n) is 15.0. The molecule has 2 aromatic heterocycles. The van der Waals surface area contributed by atoms with Crippen LogP contribution in [-0.4, -0.2) is 74.1 Å². The molecule has 0 spiro atoms. The first-order valence-corrected chi connectivity index (χ1v) is 24.0. The number of halogens is 1. The molecule has 0 saturated carbocycles. The van der Waals surface area contributed by atoms with E-state index in [1.807, 2.05) is 112 Å². The molecule has 0 bridgehead atoms. The highest BCUT2D eigenvalue weighted by Gasteiger charge is 2.31. The molecule has 0 radical (unpaired) electrons. The van der Waals surface area contributed by atoms with Crippen molar-refractivity contribution >= 4 is 49.8 Å². The zero-order valence-electron chi connectivity index (χ0n) is 39.5. The Bertz CT molecular complexity index is 2380. The molecule has 5 aromatic rings. The number of hydrogen-bond donors (Lipinski definition) is 2. The summed E-state index contributed by atoms with van der Waals surface area (Å²) in [6.07, 6.45) is 4.19. The van der Waals surface area contributed by atoms with Crippen molar-refractivity contribution in [2.45, 2.75) is 121 Å². The first-order valence-electron chi connectivity index (χ1n) is 22.1. The number of H-pyrrole nitrogens is 1. The number of carbonyl (C=O) groups excluding carboxylic acids is 1. The van der Waals surface area contributed by atoms with Gasteiger partial charge < -0.3 is 19.4 Å². The zero-order valence-corrected chi connectivity index (χ0v) is 41.1. The second-order valence-corrected chi connectivity index (χ2v) is 17.0. The maximum atomic E-state index is 13.9. The van der Waals surface area contributed by atoms with Crippen LogP contribution in [0.15, 0.2) is 83.5 Å². The van der Waals surface area contributed by atoms with Gasteiger partial charge in [0.1, 0.15) is 17.1 Å². The summed E-state index contributed by atoms with van der Waals surface area (Å²) in [7, 11) is -4.20. The van der Waals surface area contributed by atoms with Gasteiger partial charge in [-0.2, -0.15) is 0 Å². The predicted octanol–water partition coefficient (Wildman–Crippen LogP) is 12.9. The van der Waals surface area contributed by atoms with Crippen LogP contribution in [-0.2, 0) is 14.8 Å². The van der Waals surface area contributed by atoms with Gasteiger partial charge in [-0.05, 0) is 117 Å². The highest BCUT2D eigenvalue weighted by atomic mass is 35.5. The van der Waals surface area contributed by atoms with Gasteiger partial charge in [0.05, 0.1) is 28.9 Å². The van der Waals surface area contributed by atoms with Crippen molar-refractivity contribution in [2.24, 2.45) is 0 Å². The van der Waals surface area contributed by atoms with E-state index >= 15 is 0 Å². The van der Waals surface area contributed by atoms with Gasteiger partial charge in [0.2, 0.25) is 0 Å². The first-order chi connectivity index (χ1) is 29.7. The van der Waals surface area contributed by atoms with E-state index in [0.29, 0.717) is 29.1 Å². The third kappa shape index (κ3) is 13.7. The zero-order chi connectivity index (χ0) is 46.4. The number of benzene rings is 3. The second kappa shape index (κ2) is 25.0. The lowest BCUT2D eigenvalue weighted by molar-refractivity contribution is -0.0101. The van der Waals surface area contributed by atoms with Crippen LogP contribution in [0.25, 0.3) is 16.6 Å². The van der Waals surface area contributed by atoms with Crippen molar-refractivity contribution in [2.75, 3.05) is 44.2 Å². The molecule has 0 atom stereocenters. The van der Waals surface area contributed by atoms with Crippen LogP contribution in [0, 0.1) is 27.7 Å². The summed E-state index contributed by atoms with van der Waals surface area (Å²) in [5.74, 6) is -0.131. The summed E-state index contributed by atoms with van der Waals surface area (Å²) in [6, 6.07) is 18.9. The number of aromatic nitrogens is 2. The maximum absolute atomic E-state index is 13.9. The van der Waals surface area contributed by atoms with Crippen molar-refractivity contribution in [3.05, 3.63) is 117 Å². The Morgan fingerprint density at radius 1 is 0.857 bits per heavy atom. The fourth-order valence-corrected chi connectivity index (χ4v) is 9.11. The summed E-state index contributed by atoms with van der Waals surface area (Å²) in [5.41, 5.74) is 8.24. The number of amides is 1. The van der Waals surface area contributed by atoms with Gasteiger partial charge in [0.25, 0.3) is 15.9 Å². The smallest absolute Gasteiger partial charge is 0.268 e. The van der Waals surface area contributed by atoms with E-state index in [4.69, 9.17) is 21.1 Å². The Labute approximate surface area is 384 Å². The van der Waals surface area contributed by atoms with Gasteiger partial charge in [0.15, 0.2) is 0 Å². The third-order valence-electron chi connectivity index (χ3n) is 10.6. The molecule has 4 heterocycles. The average Bonchev–Trinajstić information content (AvgIpc) is 3.75. The lowest BCUT2D eigenvalue weighted by Gasteiger charge is -2.39. The summed E-state index contributed by atoms with van der Waals surface area (Å²) in [6.45, 7) is 32.1. The van der Waals surface area contributed by atoms with Gasteiger partial charge in [-0.15, -0.1) is 0 Å². The number of fused-ring (bicyclic) bond motifs is 1. The summed E-state index contributed by atoms with van der Waals surface area (Å²) in [5, 5.41) is 1.56.